The van der Waals surface area contributed by atoms with Gasteiger partial charge in [-0.1, -0.05) is 20.8 Å². The van der Waals surface area contributed by atoms with E-state index in [0.717, 1.165) is 19.3 Å². The quantitative estimate of drug-likeness (QED) is 0.611. The van der Waals surface area contributed by atoms with Gasteiger partial charge in [-0.05, 0) is 19.3 Å². The smallest absolute Gasteiger partial charge is 0.106 e. The van der Waals surface area contributed by atoms with E-state index < -0.39 is 0 Å². The molecule has 0 radical (unpaired) electrons. The fraction of sp³-hybridized carbons (Fsp3) is 1.00. The Labute approximate surface area is 63.7 Å². The van der Waals surface area contributed by atoms with E-state index in [-0.39, 0.29) is 6.23 Å². The van der Waals surface area contributed by atoms with Crippen LogP contribution in [0, 0.1) is 0 Å². The van der Waals surface area contributed by atoms with Gasteiger partial charge in [0.25, 0.3) is 0 Å². The second-order valence-electron chi connectivity index (χ2n) is 2.28. The number of nitrogens with two attached hydrogens (primary N) is 1. The van der Waals surface area contributed by atoms with Crippen molar-refractivity contribution in [2.45, 2.75) is 52.4 Å². The van der Waals surface area contributed by atoms with Crippen LogP contribution < -0.4 is 5.73 Å². The van der Waals surface area contributed by atoms with Crippen molar-refractivity contribution in [2.24, 2.45) is 5.73 Å². The summed E-state index contributed by atoms with van der Waals surface area (Å²) in [7, 11) is 0. The molecule has 1 aliphatic heterocycles. The lowest BCUT2D eigenvalue weighted by Gasteiger charge is -2.05. The molecule has 0 aromatic heterocycles. The Morgan fingerprint density at radius 3 is 2.20 bits per heavy atom. The van der Waals surface area contributed by atoms with Crippen LogP contribution in [-0.4, -0.2) is 12.3 Å². The maximum atomic E-state index is 5.48. The zero-order valence-electron chi connectivity index (χ0n) is 7.26. The third kappa shape index (κ3) is 3.18. The van der Waals surface area contributed by atoms with E-state index in [0.29, 0.717) is 6.10 Å². The third-order valence-corrected chi connectivity index (χ3v) is 1.60. The molecule has 0 spiro atoms. The molecule has 0 bridgehead atoms. The van der Waals surface area contributed by atoms with E-state index in [9.17, 15) is 0 Å². The highest BCUT2D eigenvalue weighted by molar-refractivity contribution is 4.67. The highest BCUT2D eigenvalue weighted by atomic mass is 16.5. The van der Waals surface area contributed by atoms with Gasteiger partial charge in [0.2, 0.25) is 0 Å². The molecule has 10 heavy (non-hydrogen) atoms. The Morgan fingerprint density at radius 1 is 1.40 bits per heavy atom. The van der Waals surface area contributed by atoms with Crippen molar-refractivity contribution in [2.75, 3.05) is 0 Å². The first-order chi connectivity index (χ1) is 4.83. The molecule has 1 rings (SSSR count). The third-order valence-electron chi connectivity index (χ3n) is 1.60. The highest BCUT2D eigenvalue weighted by Gasteiger charge is 2.19. The SMILES string of the molecule is CC.CCC1CCC(N)O1. The lowest BCUT2D eigenvalue weighted by Crippen LogP contribution is -2.19. The van der Waals surface area contributed by atoms with Crippen LogP contribution in [0.3, 0.4) is 0 Å². The van der Waals surface area contributed by atoms with Gasteiger partial charge in [-0.2, -0.15) is 0 Å². The van der Waals surface area contributed by atoms with Crippen molar-refractivity contribution >= 4 is 0 Å². The summed E-state index contributed by atoms with van der Waals surface area (Å²) in [5.41, 5.74) is 5.48. The molecule has 0 aromatic rings. The predicted molar refractivity (Wildman–Crippen MR) is 43.7 cm³/mol. The Hall–Kier alpha value is -0.0800. The topological polar surface area (TPSA) is 35.2 Å². The van der Waals surface area contributed by atoms with Gasteiger partial charge in [0.1, 0.15) is 6.23 Å². The summed E-state index contributed by atoms with van der Waals surface area (Å²) in [6.07, 6.45) is 3.77. The maximum Gasteiger partial charge on any atom is 0.106 e. The van der Waals surface area contributed by atoms with Gasteiger partial charge >= 0.3 is 0 Å². The first kappa shape index (κ1) is 9.92. The minimum absolute atomic E-state index is 0.0277. The van der Waals surface area contributed by atoms with E-state index in [1.54, 1.807) is 0 Å². The Kier molecular flexibility index (Phi) is 5.64. The van der Waals surface area contributed by atoms with Crippen LogP contribution in [0.25, 0.3) is 0 Å². The van der Waals surface area contributed by atoms with Gasteiger partial charge in [0, 0.05) is 0 Å². The molecular formula is C8H19NO. The minimum Gasteiger partial charge on any atom is -0.360 e. The molecule has 1 aliphatic rings. The van der Waals surface area contributed by atoms with E-state index in [1.807, 2.05) is 13.8 Å². The van der Waals surface area contributed by atoms with Crippen molar-refractivity contribution < 1.29 is 4.74 Å². The van der Waals surface area contributed by atoms with Gasteiger partial charge in [0.15, 0.2) is 0 Å². The first-order valence-electron chi connectivity index (χ1n) is 4.24. The summed E-state index contributed by atoms with van der Waals surface area (Å²) in [6, 6.07) is 0. The first-order valence-corrected chi connectivity index (χ1v) is 4.24. The van der Waals surface area contributed by atoms with Crippen LogP contribution in [0.5, 0.6) is 0 Å². The second-order valence-corrected chi connectivity index (χ2v) is 2.28. The van der Waals surface area contributed by atoms with Crippen LogP contribution in [0.15, 0.2) is 0 Å². The summed E-state index contributed by atoms with van der Waals surface area (Å²) >= 11 is 0. The van der Waals surface area contributed by atoms with Gasteiger partial charge in [-0.15, -0.1) is 0 Å². The normalized spacial score (nSPS) is 31.2. The van der Waals surface area contributed by atoms with E-state index in [2.05, 4.69) is 6.92 Å². The minimum atomic E-state index is 0.0277. The van der Waals surface area contributed by atoms with Crippen molar-refractivity contribution in [3.05, 3.63) is 0 Å². The maximum absolute atomic E-state index is 5.48. The summed E-state index contributed by atoms with van der Waals surface area (Å²) in [4.78, 5) is 0. The Balaban J connectivity index is 0.000000371. The lowest BCUT2D eigenvalue weighted by molar-refractivity contribution is 0.0473. The van der Waals surface area contributed by atoms with E-state index >= 15 is 0 Å². The van der Waals surface area contributed by atoms with Crippen molar-refractivity contribution in [1.82, 2.24) is 0 Å². The molecule has 2 unspecified atom stereocenters. The molecular weight excluding hydrogens is 126 g/mol. The molecule has 1 heterocycles. The molecule has 0 aliphatic carbocycles. The van der Waals surface area contributed by atoms with Crippen LogP contribution in [-0.2, 0) is 4.74 Å². The standard InChI is InChI=1S/C6H13NO.C2H6/c1-2-5-3-4-6(7)8-5;1-2/h5-6H,2-4,7H2,1H3;1-2H3. The van der Waals surface area contributed by atoms with Crippen LogP contribution in [0.2, 0.25) is 0 Å². The number of hydrogen-bond donors (Lipinski definition) is 1. The summed E-state index contributed by atoms with van der Waals surface area (Å²) in [6.45, 7) is 6.13. The summed E-state index contributed by atoms with van der Waals surface area (Å²) < 4.78 is 5.29. The average Bonchev–Trinajstić information content (AvgIpc) is 2.40. The number of hydrogen-bond acceptors (Lipinski definition) is 2. The van der Waals surface area contributed by atoms with Gasteiger partial charge < -0.3 is 10.5 Å². The van der Waals surface area contributed by atoms with Crippen molar-refractivity contribution in [3.8, 4) is 0 Å². The zero-order valence-corrected chi connectivity index (χ0v) is 7.26. The number of rotatable bonds is 1. The van der Waals surface area contributed by atoms with Gasteiger partial charge in [-0.3, -0.25) is 0 Å². The molecule has 1 saturated heterocycles. The Morgan fingerprint density at radius 2 is 2.00 bits per heavy atom. The molecule has 0 aromatic carbocycles. The fourth-order valence-corrected chi connectivity index (χ4v) is 1.03. The predicted octanol–water partition coefficient (Wildman–Crippen LogP) is 1.89. The molecule has 2 atom stereocenters. The molecule has 0 amide bonds. The molecule has 1 fully saturated rings. The zero-order chi connectivity index (χ0) is 7.98. The van der Waals surface area contributed by atoms with E-state index in [4.69, 9.17) is 10.5 Å². The van der Waals surface area contributed by atoms with Crippen LogP contribution in [0.4, 0.5) is 0 Å². The van der Waals surface area contributed by atoms with Crippen molar-refractivity contribution in [1.29, 1.82) is 0 Å². The molecule has 2 nitrogen and oxygen atoms in total. The van der Waals surface area contributed by atoms with Crippen LogP contribution in [0.1, 0.15) is 40.0 Å². The average molecular weight is 145 g/mol. The Bertz CT molecular complexity index is 75.7. The van der Waals surface area contributed by atoms with Crippen molar-refractivity contribution in [3.63, 3.8) is 0 Å². The molecule has 2 heteroatoms. The second kappa shape index (κ2) is 5.69. The largest absolute Gasteiger partial charge is 0.360 e. The summed E-state index contributed by atoms with van der Waals surface area (Å²) in [5.74, 6) is 0. The fourth-order valence-electron chi connectivity index (χ4n) is 1.03. The van der Waals surface area contributed by atoms with Gasteiger partial charge in [0.05, 0.1) is 6.10 Å². The van der Waals surface area contributed by atoms with E-state index in [1.165, 1.54) is 0 Å². The highest BCUT2D eigenvalue weighted by Crippen LogP contribution is 2.17. The van der Waals surface area contributed by atoms with Crippen LogP contribution >= 0.6 is 0 Å². The number of ether oxygens (including phenoxy) is 1. The van der Waals surface area contributed by atoms with Gasteiger partial charge in [-0.25, -0.2) is 0 Å². The molecule has 2 N–H and O–H groups in total. The lowest BCUT2D eigenvalue weighted by atomic mass is 10.2. The monoisotopic (exact) mass is 145 g/mol. The molecule has 0 saturated carbocycles. The summed E-state index contributed by atoms with van der Waals surface area (Å²) in [5, 5.41) is 0. The molecule has 62 valence electrons.